The number of hydrogen-bond donors (Lipinski definition) is 0. The van der Waals surface area contributed by atoms with Crippen molar-refractivity contribution in [2.24, 2.45) is 6.98 Å². The molecule has 20 heavy (non-hydrogen) atoms. The maximum atomic E-state index is 7.83. The van der Waals surface area contributed by atoms with E-state index < -0.39 is 6.98 Å². The third-order valence-corrected chi connectivity index (χ3v) is 3.83. The molecule has 4 aromatic heterocycles. The van der Waals surface area contributed by atoms with E-state index in [-0.39, 0.29) is 0 Å². The Balaban J connectivity index is 1.96. The molecule has 0 spiro atoms. The number of hydrogen-bond acceptors (Lipinski definition) is 3. The summed E-state index contributed by atoms with van der Waals surface area (Å²) in [7, 11) is 0. The van der Waals surface area contributed by atoms with Gasteiger partial charge >= 0.3 is 5.89 Å². The highest BCUT2D eigenvalue weighted by Crippen LogP contribution is 2.34. The Morgan fingerprint density at radius 3 is 3.35 bits per heavy atom. The first kappa shape index (κ1) is 7.79. The first-order valence-corrected chi connectivity index (χ1v) is 6.31. The van der Waals surface area contributed by atoms with Crippen molar-refractivity contribution in [1.82, 2.24) is 14.5 Å². The van der Waals surface area contributed by atoms with Crippen LogP contribution < -0.4 is 4.57 Å². The molecule has 0 radical (unpaired) electrons. The van der Waals surface area contributed by atoms with Crippen LogP contribution in [0.5, 0.6) is 0 Å². The third kappa shape index (κ3) is 1.02. The van der Waals surface area contributed by atoms with Crippen LogP contribution in [0.2, 0.25) is 0 Å². The monoisotopic (exact) mass is 266 g/mol. The van der Waals surface area contributed by atoms with Crippen molar-refractivity contribution in [2.45, 2.75) is 6.54 Å². The molecule has 0 atom stereocenters. The summed E-state index contributed by atoms with van der Waals surface area (Å²) in [4.78, 5) is 8.39. The van der Waals surface area contributed by atoms with Crippen molar-refractivity contribution < 1.29 is 13.1 Å². The maximum Gasteiger partial charge on any atom is 0.383 e. The van der Waals surface area contributed by atoms with Gasteiger partial charge in [-0.2, -0.15) is 0 Å². The van der Waals surface area contributed by atoms with Gasteiger partial charge < -0.3 is 4.42 Å². The van der Waals surface area contributed by atoms with Gasteiger partial charge in [-0.15, -0.1) is 4.57 Å². The van der Waals surface area contributed by atoms with Crippen molar-refractivity contribution in [3.8, 4) is 11.5 Å². The van der Waals surface area contributed by atoms with Crippen LogP contribution >= 0.6 is 0 Å². The highest BCUT2D eigenvalue weighted by atomic mass is 16.4. The van der Waals surface area contributed by atoms with E-state index in [1.54, 1.807) is 18.5 Å². The smallest absolute Gasteiger partial charge is 0.380 e. The summed E-state index contributed by atoms with van der Waals surface area (Å²) in [5, 5.41) is 0.773. The fourth-order valence-corrected chi connectivity index (χ4v) is 2.96. The van der Waals surface area contributed by atoms with Gasteiger partial charge in [-0.1, -0.05) is 0 Å². The highest BCUT2D eigenvalue weighted by Gasteiger charge is 2.36. The summed E-state index contributed by atoms with van der Waals surface area (Å²) in [6, 6.07) is 5.56. The Morgan fingerprint density at radius 2 is 2.40 bits per heavy atom. The second-order valence-electron chi connectivity index (χ2n) is 4.89. The van der Waals surface area contributed by atoms with Crippen LogP contribution in [-0.2, 0) is 13.5 Å². The summed E-state index contributed by atoms with van der Waals surface area (Å²) in [5.41, 5.74) is 3.51. The van der Waals surface area contributed by atoms with Crippen molar-refractivity contribution in [3.63, 3.8) is 0 Å². The van der Waals surface area contributed by atoms with E-state index in [9.17, 15) is 0 Å². The number of aryl methyl sites for hydroxylation is 1. The van der Waals surface area contributed by atoms with Gasteiger partial charge in [0.2, 0.25) is 0 Å². The predicted octanol–water partition coefficient (Wildman–Crippen LogP) is 2.03. The quantitative estimate of drug-likeness (QED) is 0.403. The molecule has 0 bridgehead atoms. The lowest BCUT2D eigenvalue weighted by molar-refractivity contribution is -0.648. The van der Waals surface area contributed by atoms with Crippen LogP contribution in [0.25, 0.3) is 33.7 Å². The molecule has 1 aliphatic rings. The Kier molecular flexibility index (Phi) is 1.27. The summed E-state index contributed by atoms with van der Waals surface area (Å²) in [6.45, 7) is -1.75. The Morgan fingerprint density at radius 1 is 1.40 bits per heavy atom. The number of nitrogens with zero attached hydrogens (tertiary/aromatic N) is 4. The van der Waals surface area contributed by atoms with Crippen LogP contribution in [0.3, 0.4) is 0 Å². The van der Waals surface area contributed by atoms with Gasteiger partial charge in [-0.25, -0.2) is 4.98 Å². The predicted molar refractivity (Wildman–Crippen MR) is 73.0 cm³/mol. The lowest BCUT2D eigenvalue weighted by Gasteiger charge is -1.92. The molecule has 1 aliphatic heterocycles. The molecule has 0 amide bonds. The van der Waals surface area contributed by atoms with Gasteiger partial charge in [0, 0.05) is 29.7 Å². The maximum absolute atomic E-state index is 7.83. The molecule has 0 fully saturated rings. The lowest BCUT2D eigenvalue weighted by atomic mass is 10.2. The fraction of sp³-hybridized carbons (Fsp3) is 0.133. The van der Waals surface area contributed by atoms with Crippen molar-refractivity contribution in [3.05, 3.63) is 42.4 Å². The van der Waals surface area contributed by atoms with Gasteiger partial charge in [0.1, 0.15) is 5.65 Å². The molecule has 5 nitrogen and oxygen atoms in total. The van der Waals surface area contributed by atoms with E-state index >= 15 is 0 Å². The average Bonchev–Trinajstić information content (AvgIpc) is 3.12. The molecule has 5 rings (SSSR count). The molecule has 4 aromatic rings. The van der Waals surface area contributed by atoms with Gasteiger partial charge in [0.05, 0.1) is 16.5 Å². The summed E-state index contributed by atoms with van der Waals surface area (Å²) in [6.07, 6.45) is 5.11. The summed E-state index contributed by atoms with van der Waals surface area (Å²) in [5.74, 6) is 0.663. The zero-order chi connectivity index (χ0) is 15.8. The standard InChI is InChI=1S/C15H11N4O/c1-18-13-11(3-2-5-17-13)12-15(18)20-14-10-4-6-16-7-9(10)8-19(12)14/h2-7H,8H2,1H3/q+1/i1D3. The fourth-order valence-electron chi connectivity index (χ4n) is 2.96. The van der Waals surface area contributed by atoms with E-state index in [2.05, 4.69) is 9.97 Å². The number of rotatable bonds is 0. The van der Waals surface area contributed by atoms with Gasteiger partial charge in [0.25, 0.3) is 11.2 Å². The minimum absolute atomic E-state index is 0.330. The number of pyridine rings is 2. The van der Waals surface area contributed by atoms with Crippen LogP contribution in [0.4, 0.5) is 0 Å². The SMILES string of the molecule is [2H]C([2H])([2H])n1c2ncccc2c2c1oc1[n+]2Cc2cnccc2-1. The molecule has 0 saturated heterocycles. The number of fused-ring (bicyclic) bond motifs is 7. The molecular formula is C15H11N4O+. The Labute approximate surface area is 118 Å². The lowest BCUT2D eigenvalue weighted by Crippen LogP contribution is -2.30. The molecule has 0 aromatic carbocycles. The van der Waals surface area contributed by atoms with E-state index in [4.69, 9.17) is 8.53 Å². The second-order valence-corrected chi connectivity index (χ2v) is 4.89. The first-order valence-electron chi connectivity index (χ1n) is 7.81. The minimum Gasteiger partial charge on any atom is -0.380 e. The zero-order valence-electron chi connectivity index (χ0n) is 13.4. The Hall–Kier alpha value is -2.69. The van der Waals surface area contributed by atoms with E-state index in [1.165, 1.54) is 4.57 Å². The van der Waals surface area contributed by atoms with E-state index in [0.717, 1.165) is 22.0 Å². The van der Waals surface area contributed by atoms with Gasteiger partial charge in [-0.3, -0.25) is 9.55 Å². The van der Waals surface area contributed by atoms with Crippen LogP contribution in [0, 0.1) is 0 Å². The van der Waals surface area contributed by atoms with E-state index in [0.29, 0.717) is 23.8 Å². The highest BCUT2D eigenvalue weighted by molar-refractivity contribution is 6.00. The largest absolute Gasteiger partial charge is 0.383 e. The molecule has 96 valence electrons. The molecule has 5 heterocycles. The summed E-state index contributed by atoms with van der Waals surface area (Å²) < 4.78 is 32.7. The van der Waals surface area contributed by atoms with Crippen LogP contribution in [-0.4, -0.2) is 14.5 Å². The molecule has 0 aliphatic carbocycles. The molecule has 5 heteroatoms. The Bertz CT molecular complexity index is 1090. The number of oxazole rings is 1. The zero-order valence-corrected chi connectivity index (χ0v) is 10.4. The topological polar surface area (TPSA) is 47.7 Å². The van der Waals surface area contributed by atoms with Crippen LogP contribution in [0.15, 0.2) is 41.2 Å². The molecule has 0 saturated carbocycles. The molecular weight excluding hydrogens is 252 g/mol. The minimum atomic E-state index is -2.36. The molecule has 0 N–H and O–H groups in total. The van der Waals surface area contributed by atoms with Crippen molar-refractivity contribution in [1.29, 1.82) is 0 Å². The second kappa shape index (κ2) is 3.25. The van der Waals surface area contributed by atoms with E-state index in [1.807, 2.05) is 22.9 Å². The van der Waals surface area contributed by atoms with Crippen molar-refractivity contribution in [2.75, 3.05) is 0 Å². The third-order valence-electron chi connectivity index (χ3n) is 3.83. The average molecular weight is 266 g/mol. The first-order chi connectivity index (χ1) is 11.1. The molecule has 0 unspecified atom stereocenters. The number of aromatic nitrogens is 4. The normalized spacial score (nSPS) is 15.9. The van der Waals surface area contributed by atoms with Gasteiger partial charge in [-0.05, 0) is 18.2 Å². The van der Waals surface area contributed by atoms with Gasteiger partial charge in [0.15, 0.2) is 6.54 Å². The van der Waals surface area contributed by atoms with Crippen molar-refractivity contribution >= 4 is 22.3 Å². The summed E-state index contributed by atoms with van der Waals surface area (Å²) >= 11 is 0. The van der Waals surface area contributed by atoms with Crippen LogP contribution in [0.1, 0.15) is 9.68 Å².